The molecule has 1 aromatic carbocycles. The lowest BCUT2D eigenvalue weighted by Gasteiger charge is -2.52. The van der Waals surface area contributed by atoms with Crippen molar-refractivity contribution in [3.63, 3.8) is 0 Å². The second-order valence-electron chi connectivity index (χ2n) is 9.32. The molecule has 5 heteroatoms. The summed E-state index contributed by atoms with van der Waals surface area (Å²) in [6.07, 6.45) is 6.82. The van der Waals surface area contributed by atoms with E-state index in [9.17, 15) is 9.90 Å². The number of aromatic nitrogens is 2. The minimum atomic E-state index is -0.619. The molecule has 3 aliphatic rings. The van der Waals surface area contributed by atoms with Gasteiger partial charge in [-0.3, -0.25) is 9.48 Å². The summed E-state index contributed by atoms with van der Waals surface area (Å²) in [5, 5.41) is 15.4. The van der Waals surface area contributed by atoms with Crippen LogP contribution < -0.4 is 0 Å². The zero-order valence-corrected chi connectivity index (χ0v) is 15.6. The van der Waals surface area contributed by atoms with Crippen LogP contribution >= 0.6 is 0 Å². The Morgan fingerprint density at radius 3 is 2.77 bits per heavy atom. The molecule has 2 aromatic rings. The second kappa shape index (κ2) is 5.32. The molecule has 1 aliphatic heterocycles. The molecular formula is C21H27N3O2. The number of carbonyl (C=O) groups excluding carboxylic acids is 1. The first-order valence-corrected chi connectivity index (χ1v) is 9.77. The van der Waals surface area contributed by atoms with Crippen molar-refractivity contribution in [1.29, 1.82) is 0 Å². The quantitative estimate of drug-likeness (QED) is 0.903. The van der Waals surface area contributed by atoms with Crippen molar-refractivity contribution in [3.05, 3.63) is 30.0 Å². The Hall–Kier alpha value is -1.88. The molecule has 2 aliphatic carbocycles. The van der Waals surface area contributed by atoms with E-state index in [1.807, 2.05) is 29.7 Å². The number of nitrogens with zero attached hydrogens (tertiary/aromatic N) is 3. The Labute approximate surface area is 154 Å². The van der Waals surface area contributed by atoms with Crippen LogP contribution in [0, 0.1) is 11.3 Å². The number of hydrogen-bond donors (Lipinski definition) is 1. The summed E-state index contributed by atoms with van der Waals surface area (Å²) in [6.45, 7) is 3.65. The van der Waals surface area contributed by atoms with Crippen molar-refractivity contribution >= 4 is 16.8 Å². The van der Waals surface area contributed by atoms with Gasteiger partial charge in [0.25, 0.3) is 0 Å². The lowest BCUT2D eigenvalue weighted by Crippen LogP contribution is -2.61. The number of aryl methyl sites for hydroxylation is 1. The minimum absolute atomic E-state index is 0.0486. The van der Waals surface area contributed by atoms with Crippen LogP contribution in [0.5, 0.6) is 0 Å². The highest BCUT2D eigenvalue weighted by atomic mass is 16.3. The molecule has 26 heavy (non-hydrogen) atoms. The van der Waals surface area contributed by atoms with Crippen LogP contribution in [0.2, 0.25) is 0 Å². The van der Waals surface area contributed by atoms with E-state index in [-0.39, 0.29) is 11.8 Å². The Bertz CT molecular complexity index is 871. The molecule has 1 atom stereocenters. The first-order valence-electron chi connectivity index (χ1n) is 9.77. The van der Waals surface area contributed by atoms with Crippen molar-refractivity contribution in [2.75, 3.05) is 13.1 Å². The SMILES string of the molecule is Cn1ncc2cc(C3CCC4(C3)CN(C(=O)[C@H]3C[C@@](C)(O)C3)C4)ccc21. The van der Waals surface area contributed by atoms with E-state index in [1.165, 1.54) is 35.7 Å². The van der Waals surface area contributed by atoms with E-state index < -0.39 is 5.60 Å². The maximum Gasteiger partial charge on any atom is 0.225 e. The van der Waals surface area contributed by atoms with Crippen molar-refractivity contribution in [2.45, 2.75) is 50.5 Å². The van der Waals surface area contributed by atoms with Gasteiger partial charge in [0.2, 0.25) is 5.91 Å². The van der Waals surface area contributed by atoms with E-state index >= 15 is 0 Å². The number of benzene rings is 1. The topological polar surface area (TPSA) is 58.4 Å². The molecule has 3 fully saturated rings. The molecule has 5 rings (SSSR count). The average molecular weight is 353 g/mol. The Balaban J connectivity index is 1.23. The largest absolute Gasteiger partial charge is 0.390 e. The van der Waals surface area contributed by atoms with Gasteiger partial charge >= 0.3 is 0 Å². The third-order valence-corrected chi connectivity index (χ3v) is 7.03. The van der Waals surface area contributed by atoms with Crippen molar-refractivity contribution in [2.24, 2.45) is 18.4 Å². The number of amides is 1. The third-order valence-electron chi connectivity index (χ3n) is 7.03. The average Bonchev–Trinajstić information content (AvgIpc) is 3.15. The molecule has 2 heterocycles. The van der Waals surface area contributed by atoms with Gasteiger partial charge in [-0.15, -0.1) is 0 Å². The summed E-state index contributed by atoms with van der Waals surface area (Å²) in [7, 11) is 1.98. The van der Waals surface area contributed by atoms with Gasteiger partial charge in [0, 0.05) is 36.9 Å². The van der Waals surface area contributed by atoms with Gasteiger partial charge < -0.3 is 10.0 Å². The molecule has 1 N–H and O–H groups in total. The van der Waals surface area contributed by atoms with Crippen LogP contribution in [0.25, 0.3) is 10.9 Å². The molecule has 138 valence electrons. The van der Waals surface area contributed by atoms with E-state index in [4.69, 9.17) is 0 Å². The Morgan fingerprint density at radius 1 is 1.27 bits per heavy atom. The predicted octanol–water partition coefficient (Wildman–Crippen LogP) is 2.83. The molecule has 1 spiro atoms. The maximum atomic E-state index is 12.5. The van der Waals surface area contributed by atoms with E-state index in [0.29, 0.717) is 24.2 Å². The lowest BCUT2D eigenvalue weighted by atomic mass is 9.69. The zero-order chi connectivity index (χ0) is 18.1. The summed E-state index contributed by atoms with van der Waals surface area (Å²) in [6, 6.07) is 6.73. The van der Waals surface area contributed by atoms with E-state index in [2.05, 4.69) is 23.3 Å². The standard InChI is InChI=1S/C21H27N3O2/c1-20(26)8-17(9-20)19(25)24-12-21(13-24)6-5-15(10-21)14-3-4-18-16(7-14)11-22-23(18)2/h3-4,7,11,15,17,26H,5-6,8-10,12-13H2,1-2H3/t15?,17-,20+. The number of likely N-dealkylation sites (tertiary alicyclic amines) is 1. The molecule has 2 saturated carbocycles. The fraction of sp³-hybridized carbons (Fsp3) is 0.619. The third kappa shape index (κ3) is 2.48. The number of rotatable bonds is 2. The van der Waals surface area contributed by atoms with Crippen LogP contribution in [-0.4, -0.2) is 44.4 Å². The van der Waals surface area contributed by atoms with E-state index in [1.54, 1.807) is 0 Å². The predicted molar refractivity (Wildman–Crippen MR) is 99.7 cm³/mol. The van der Waals surface area contributed by atoms with Crippen LogP contribution in [0.4, 0.5) is 0 Å². The second-order valence-corrected chi connectivity index (χ2v) is 9.32. The first kappa shape index (κ1) is 16.3. The van der Waals surface area contributed by atoms with Gasteiger partial charge in [0.15, 0.2) is 0 Å². The van der Waals surface area contributed by atoms with Crippen molar-refractivity contribution in [3.8, 4) is 0 Å². The monoisotopic (exact) mass is 353 g/mol. The van der Waals surface area contributed by atoms with Crippen molar-refractivity contribution < 1.29 is 9.90 Å². The molecule has 1 aromatic heterocycles. The summed E-state index contributed by atoms with van der Waals surface area (Å²) in [4.78, 5) is 14.6. The first-order chi connectivity index (χ1) is 12.3. The smallest absolute Gasteiger partial charge is 0.225 e. The highest BCUT2D eigenvalue weighted by molar-refractivity contribution is 5.81. The van der Waals surface area contributed by atoms with Gasteiger partial charge in [-0.2, -0.15) is 5.10 Å². The molecule has 1 unspecified atom stereocenters. The highest BCUT2D eigenvalue weighted by Crippen LogP contribution is 2.53. The summed E-state index contributed by atoms with van der Waals surface area (Å²) in [5.74, 6) is 0.913. The molecule has 5 nitrogen and oxygen atoms in total. The Kier molecular flexibility index (Phi) is 3.34. The van der Waals surface area contributed by atoms with Crippen LogP contribution in [0.3, 0.4) is 0 Å². The van der Waals surface area contributed by atoms with Crippen LogP contribution in [0.1, 0.15) is 50.5 Å². The van der Waals surface area contributed by atoms with E-state index in [0.717, 1.165) is 13.1 Å². The van der Waals surface area contributed by atoms with Crippen molar-refractivity contribution in [1.82, 2.24) is 14.7 Å². The van der Waals surface area contributed by atoms with Gasteiger partial charge in [0.05, 0.1) is 17.3 Å². The zero-order valence-electron chi connectivity index (χ0n) is 15.6. The number of fused-ring (bicyclic) bond motifs is 1. The fourth-order valence-electron chi connectivity index (χ4n) is 5.57. The number of hydrogen-bond acceptors (Lipinski definition) is 3. The summed E-state index contributed by atoms with van der Waals surface area (Å²) < 4.78 is 1.92. The van der Waals surface area contributed by atoms with Gasteiger partial charge in [-0.25, -0.2) is 0 Å². The molecule has 1 saturated heterocycles. The highest BCUT2D eigenvalue weighted by Gasteiger charge is 2.53. The van der Waals surface area contributed by atoms with Gasteiger partial charge in [-0.05, 0) is 62.6 Å². The number of aliphatic hydroxyl groups is 1. The molecule has 0 bridgehead atoms. The van der Waals surface area contributed by atoms with Crippen LogP contribution in [-0.2, 0) is 11.8 Å². The number of carbonyl (C=O) groups is 1. The summed E-state index contributed by atoms with van der Waals surface area (Å²) in [5.41, 5.74) is 2.31. The fourth-order valence-corrected chi connectivity index (χ4v) is 5.57. The lowest BCUT2D eigenvalue weighted by molar-refractivity contribution is -0.161. The molecule has 0 radical (unpaired) electrons. The molecular weight excluding hydrogens is 326 g/mol. The van der Waals surface area contributed by atoms with Crippen LogP contribution in [0.15, 0.2) is 24.4 Å². The summed E-state index contributed by atoms with van der Waals surface area (Å²) >= 11 is 0. The normalized spacial score (nSPS) is 32.7. The molecule has 1 amide bonds. The Morgan fingerprint density at radius 2 is 2.04 bits per heavy atom. The van der Waals surface area contributed by atoms with Gasteiger partial charge in [-0.1, -0.05) is 6.07 Å². The minimum Gasteiger partial charge on any atom is -0.390 e. The maximum absolute atomic E-state index is 12.5. The van der Waals surface area contributed by atoms with Gasteiger partial charge in [0.1, 0.15) is 0 Å².